The van der Waals surface area contributed by atoms with Crippen LogP contribution in [0, 0.1) is 0 Å². The van der Waals surface area contributed by atoms with E-state index < -0.39 is 0 Å². The fourth-order valence-corrected chi connectivity index (χ4v) is 2.44. The van der Waals surface area contributed by atoms with Crippen molar-refractivity contribution in [1.29, 1.82) is 0 Å². The summed E-state index contributed by atoms with van der Waals surface area (Å²) in [4.78, 5) is 11.5. The Kier molecular flexibility index (Phi) is 4.59. The Balaban J connectivity index is 2.16. The van der Waals surface area contributed by atoms with Crippen molar-refractivity contribution >= 4 is 17.7 Å². The van der Waals surface area contributed by atoms with Crippen LogP contribution in [0.3, 0.4) is 0 Å². The lowest BCUT2D eigenvalue weighted by molar-refractivity contribution is -0.120. The van der Waals surface area contributed by atoms with Crippen LogP contribution in [0.15, 0.2) is 0 Å². The highest BCUT2D eigenvalue weighted by Crippen LogP contribution is 2.25. The van der Waals surface area contributed by atoms with E-state index in [1.165, 1.54) is 6.42 Å². The molecule has 1 heterocycles. The SMILES string of the molecule is CN[C@@H](C)CNC(=O)[C@@H]1CCCS1. The number of carbonyl (C=O) groups is 1. The third-order valence-corrected chi connectivity index (χ3v) is 3.67. The van der Waals surface area contributed by atoms with Gasteiger partial charge in [-0.05, 0) is 32.6 Å². The molecule has 3 nitrogen and oxygen atoms in total. The van der Waals surface area contributed by atoms with Gasteiger partial charge in [-0.15, -0.1) is 11.8 Å². The van der Waals surface area contributed by atoms with Crippen molar-refractivity contribution in [3.8, 4) is 0 Å². The topological polar surface area (TPSA) is 41.1 Å². The van der Waals surface area contributed by atoms with Crippen molar-refractivity contribution in [3.05, 3.63) is 0 Å². The number of hydrogen-bond donors (Lipinski definition) is 2. The van der Waals surface area contributed by atoms with Gasteiger partial charge in [-0.1, -0.05) is 0 Å². The molecule has 1 aliphatic rings. The average Bonchev–Trinajstić information content (AvgIpc) is 2.66. The summed E-state index contributed by atoms with van der Waals surface area (Å²) < 4.78 is 0. The van der Waals surface area contributed by atoms with Crippen LogP contribution in [-0.2, 0) is 4.79 Å². The molecule has 0 unspecified atom stereocenters. The van der Waals surface area contributed by atoms with Gasteiger partial charge in [0.05, 0.1) is 5.25 Å². The van der Waals surface area contributed by atoms with E-state index in [0.29, 0.717) is 6.04 Å². The van der Waals surface area contributed by atoms with Gasteiger partial charge in [-0.2, -0.15) is 0 Å². The normalized spacial score (nSPS) is 24.3. The Hall–Kier alpha value is -0.220. The summed E-state index contributed by atoms with van der Waals surface area (Å²) in [5.41, 5.74) is 0. The molecule has 76 valence electrons. The molecule has 1 saturated heterocycles. The number of carbonyl (C=O) groups excluding carboxylic acids is 1. The molecule has 13 heavy (non-hydrogen) atoms. The van der Waals surface area contributed by atoms with Crippen molar-refractivity contribution in [3.63, 3.8) is 0 Å². The van der Waals surface area contributed by atoms with Crippen molar-refractivity contribution in [2.45, 2.75) is 31.1 Å². The molecule has 0 aliphatic carbocycles. The predicted molar refractivity (Wildman–Crippen MR) is 57.0 cm³/mol. The fraction of sp³-hybridized carbons (Fsp3) is 0.889. The monoisotopic (exact) mass is 202 g/mol. The Labute approximate surface area is 84.0 Å². The highest BCUT2D eigenvalue weighted by molar-refractivity contribution is 8.00. The molecule has 2 N–H and O–H groups in total. The molecule has 0 aromatic rings. The van der Waals surface area contributed by atoms with Gasteiger partial charge in [0.25, 0.3) is 0 Å². The minimum Gasteiger partial charge on any atom is -0.354 e. The van der Waals surface area contributed by atoms with Crippen LogP contribution in [0.2, 0.25) is 0 Å². The quantitative estimate of drug-likeness (QED) is 0.701. The summed E-state index contributed by atoms with van der Waals surface area (Å²) in [5, 5.41) is 6.25. The molecule has 1 rings (SSSR count). The van der Waals surface area contributed by atoms with Gasteiger partial charge in [-0.25, -0.2) is 0 Å². The fourth-order valence-electron chi connectivity index (χ4n) is 1.25. The maximum atomic E-state index is 11.5. The zero-order valence-corrected chi connectivity index (χ0v) is 9.12. The first-order valence-electron chi connectivity index (χ1n) is 4.80. The summed E-state index contributed by atoms with van der Waals surface area (Å²) in [7, 11) is 1.90. The third-order valence-electron chi connectivity index (χ3n) is 2.30. The Bertz CT molecular complexity index is 169. The maximum absolute atomic E-state index is 11.5. The molecule has 0 radical (unpaired) electrons. The highest BCUT2D eigenvalue weighted by Gasteiger charge is 2.22. The second-order valence-corrected chi connectivity index (χ2v) is 4.75. The zero-order valence-electron chi connectivity index (χ0n) is 8.30. The standard InChI is InChI=1S/C9H18N2OS/c1-7(10-2)6-11-9(12)8-4-3-5-13-8/h7-8,10H,3-6H2,1-2H3,(H,11,12)/t7-,8-/m0/s1. The first kappa shape index (κ1) is 10.9. The molecule has 0 bridgehead atoms. The van der Waals surface area contributed by atoms with Crippen molar-refractivity contribution in [2.24, 2.45) is 0 Å². The van der Waals surface area contributed by atoms with E-state index in [9.17, 15) is 4.79 Å². The summed E-state index contributed by atoms with van der Waals surface area (Å²) in [5.74, 6) is 1.35. The Morgan fingerprint density at radius 2 is 2.46 bits per heavy atom. The zero-order chi connectivity index (χ0) is 9.68. The van der Waals surface area contributed by atoms with E-state index in [2.05, 4.69) is 17.6 Å². The van der Waals surface area contributed by atoms with E-state index in [-0.39, 0.29) is 11.2 Å². The van der Waals surface area contributed by atoms with E-state index >= 15 is 0 Å². The first-order valence-corrected chi connectivity index (χ1v) is 5.85. The van der Waals surface area contributed by atoms with Crippen LogP contribution in [0.5, 0.6) is 0 Å². The summed E-state index contributed by atoms with van der Waals surface area (Å²) in [6.45, 7) is 2.79. The molecular formula is C9H18N2OS. The maximum Gasteiger partial charge on any atom is 0.233 e. The molecule has 2 atom stereocenters. The van der Waals surface area contributed by atoms with Gasteiger partial charge in [0.2, 0.25) is 5.91 Å². The van der Waals surface area contributed by atoms with Crippen molar-refractivity contribution < 1.29 is 4.79 Å². The molecule has 1 fully saturated rings. The Morgan fingerprint density at radius 1 is 1.69 bits per heavy atom. The summed E-state index contributed by atoms with van der Waals surface area (Å²) in [6, 6.07) is 0.357. The highest BCUT2D eigenvalue weighted by atomic mass is 32.2. The van der Waals surface area contributed by atoms with Crippen LogP contribution in [0.4, 0.5) is 0 Å². The lowest BCUT2D eigenvalue weighted by atomic mass is 10.2. The minimum atomic E-state index is 0.212. The number of hydrogen-bond acceptors (Lipinski definition) is 3. The van der Waals surface area contributed by atoms with Gasteiger partial charge in [0.15, 0.2) is 0 Å². The molecule has 0 spiro atoms. The second kappa shape index (κ2) is 5.50. The minimum absolute atomic E-state index is 0.212. The summed E-state index contributed by atoms with van der Waals surface area (Å²) >= 11 is 1.78. The third kappa shape index (κ3) is 3.56. The molecule has 1 aliphatic heterocycles. The molecule has 0 aromatic heterocycles. The number of amides is 1. The predicted octanol–water partition coefficient (Wildman–Crippen LogP) is 0.606. The smallest absolute Gasteiger partial charge is 0.233 e. The lowest BCUT2D eigenvalue weighted by Crippen LogP contribution is -2.40. The molecule has 0 saturated carbocycles. The van der Waals surface area contributed by atoms with E-state index in [1.807, 2.05) is 7.05 Å². The van der Waals surface area contributed by atoms with Gasteiger partial charge in [0, 0.05) is 12.6 Å². The Morgan fingerprint density at radius 3 is 3.00 bits per heavy atom. The van der Waals surface area contributed by atoms with E-state index in [4.69, 9.17) is 0 Å². The second-order valence-electron chi connectivity index (χ2n) is 3.44. The van der Waals surface area contributed by atoms with Crippen LogP contribution in [0.25, 0.3) is 0 Å². The molecular weight excluding hydrogens is 184 g/mol. The van der Waals surface area contributed by atoms with Crippen LogP contribution >= 0.6 is 11.8 Å². The largest absolute Gasteiger partial charge is 0.354 e. The molecule has 1 amide bonds. The number of likely N-dealkylation sites (N-methyl/N-ethyl adjacent to an activating group) is 1. The van der Waals surface area contributed by atoms with E-state index in [0.717, 1.165) is 18.7 Å². The van der Waals surface area contributed by atoms with Gasteiger partial charge < -0.3 is 10.6 Å². The van der Waals surface area contributed by atoms with E-state index in [1.54, 1.807) is 11.8 Å². The molecule has 0 aromatic carbocycles. The number of nitrogens with one attached hydrogen (secondary N) is 2. The molecule has 4 heteroatoms. The number of thioether (sulfide) groups is 1. The van der Waals surface area contributed by atoms with Crippen LogP contribution in [0.1, 0.15) is 19.8 Å². The van der Waals surface area contributed by atoms with Crippen molar-refractivity contribution in [1.82, 2.24) is 10.6 Å². The number of rotatable bonds is 4. The summed E-state index contributed by atoms with van der Waals surface area (Å²) in [6.07, 6.45) is 2.23. The van der Waals surface area contributed by atoms with Gasteiger partial charge in [0.1, 0.15) is 0 Å². The first-order chi connectivity index (χ1) is 6.24. The average molecular weight is 202 g/mol. The van der Waals surface area contributed by atoms with Gasteiger partial charge >= 0.3 is 0 Å². The van der Waals surface area contributed by atoms with Gasteiger partial charge in [-0.3, -0.25) is 4.79 Å². The van der Waals surface area contributed by atoms with Crippen LogP contribution < -0.4 is 10.6 Å². The van der Waals surface area contributed by atoms with Crippen LogP contribution in [-0.4, -0.2) is 36.5 Å². The van der Waals surface area contributed by atoms with Crippen molar-refractivity contribution in [2.75, 3.05) is 19.3 Å². The lowest BCUT2D eigenvalue weighted by Gasteiger charge is -2.13.